The number of anilines is 1. The molecule has 8 heteroatoms. The van der Waals surface area contributed by atoms with Crippen LogP contribution in [0.25, 0.3) is 0 Å². The van der Waals surface area contributed by atoms with Crippen LogP contribution in [0.1, 0.15) is 26.2 Å². The van der Waals surface area contributed by atoms with Gasteiger partial charge < -0.3 is 20.7 Å². The Balaban J connectivity index is 1.29. The Bertz CT molecular complexity index is 825. The molecule has 5 atom stereocenters. The molecule has 1 saturated heterocycles. The van der Waals surface area contributed by atoms with Gasteiger partial charge in [0.2, 0.25) is 11.8 Å². The van der Waals surface area contributed by atoms with E-state index < -0.39 is 0 Å². The van der Waals surface area contributed by atoms with Gasteiger partial charge in [0.25, 0.3) is 0 Å². The Hall–Kier alpha value is -2.45. The Kier molecular flexibility index (Phi) is 7.98. The second kappa shape index (κ2) is 11.1. The van der Waals surface area contributed by atoms with Crippen molar-refractivity contribution < 1.29 is 14.3 Å². The van der Waals surface area contributed by atoms with Gasteiger partial charge in [-0.05, 0) is 36.8 Å². The predicted molar refractivity (Wildman–Crippen MR) is 127 cm³/mol. The molecule has 2 bridgehead atoms. The molecule has 1 aromatic heterocycles. The molecular formula is C25H37N5O3. The topological polar surface area (TPSA) is 101 Å². The molecule has 3 N–H and O–H groups in total. The third-order valence-electron chi connectivity index (χ3n) is 7.25. The summed E-state index contributed by atoms with van der Waals surface area (Å²) < 4.78 is 6.16. The van der Waals surface area contributed by atoms with E-state index in [9.17, 15) is 9.59 Å². The highest BCUT2D eigenvalue weighted by Gasteiger charge is 2.50. The van der Waals surface area contributed by atoms with Gasteiger partial charge in [0.1, 0.15) is 5.82 Å². The monoisotopic (exact) mass is 455 g/mol. The number of nitrogens with zero attached hydrogens (tertiary/aromatic N) is 3. The number of allylic oxidation sites excluding steroid dienone is 2. The van der Waals surface area contributed by atoms with Gasteiger partial charge in [-0.25, -0.2) is 4.98 Å². The van der Waals surface area contributed by atoms with Crippen LogP contribution in [0.5, 0.6) is 0 Å². The molecule has 1 saturated carbocycles. The quantitative estimate of drug-likeness (QED) is 0.387. The van der Waals surface area contributed by atoms with Crippen molar-refractivity contribution in [1.82, 2.24) is 15.2 Å². The molecule has 8 nitrogen and oxygen atoms in total. The van der Waals surface area contributed by atoms with Crippen molar-refractivity contribution in [1.29, 1.82) is 0 Å². The van der Waals surface area contributed by atoms with Crippen molar-refractivity contribution >= 4 is 17.6 Å². The normalized spacial score (nSPS) is 27.6. The Morgan fingerprint density at radius 2 is 1.94 bits per heavy atom. The van der Waals surface area contributed by atoms with E-state index in [-0.39, 0.29) is 41.6 Å². The van der Waals surface area contributed by atoms with Crippen LogP contribution in [0, 0.1) is 23.7 Å². The lowest BCUT2D eigenvalue weighted by Crippen LogP contribution is -2.51. The SMILES string of the molecule is CCCCOC(CNC(=O)C1C(C(N)=O)[C@@H]2C=C[C@H]1C2)CN1CCN(c2ccccn2)CC1. The fourth-order valence-corrected chi connectivity index (χ4v) is 5.46. The van der Waals surface area contributed by atoms with E-state index in [0.29, 0.717) is 13.2 Å². The van der Waals surface area contributed by atoms with Gasteiger partial charge in [0.05, 0.1) is 17.9 Å². The second-order valence-electron chi connectivity index (χ2n) is 9.47. The number of amides is 2. The standard InChI is InChI=1S/C25H37N5O3/c1-2-3-14-33-20(17-29-10-12-30(13-11-29)21-6-4-5-9-27-21)16-28-25(32)23-19-8-7-18(15-19)22(23)24(26)31/h4-9,18-20,22-23H,2-3,10-17H2,1H3,(H2,26,31)(H,28,32)/t18-,19+,20?,22?,23?/m1/s1. The molecule has 0 spiro atoms. The van der Waals surface area contributed by atoms with E-state index in [0.717, 1.165) is 57.8 Å². The zero-order chi connectivity index (χ0) is 23.2. The van der Waals surface area contributed by atoms with Gasteiger partial charge in [0.15, 0.2) is 0 Å². The van der Waals surface area contributed by atoms with Crippen molar-refractivity contribution in [2.24, 2.45) is 29.4 Å². The molecular weight excluding hydrogens is 418 g/mol. The summed E-state index contributed by atoms with van der Waals surface area (Å²) in [5, 5.41) is 3.09. The summed E-state index contributed by atoms with van der Waals surface area (Å²) in [7, 11) is 0. The van der Waals surface area contributed by atoms with Crippen LogP contribution < -0.4 is 16.0 Å². The van der Waals surface area contributed by atoms with Crippen molar-refractivity contribution in [2.75, 3.05) is 50.8 Å². The number of nitrogens with one attached hydrogen (secondary N) is 1. The minimum Gasteiger partial charge on any atom is -0.375 e. The summed E-state index contributed by atoms with van der Waals surface area (Å²) in [5.41, 5.74) is 5.63. The highest BCUT2D eigenvalue weighted by Crippen LogP contribution is 2.47. The number of carbonyl (C=O) groups excluding carboxylic acids is 2. The number of primary amides is 1. The van der Waals surface area contributed by atoms with Gasteiger partial charge in [-0.15, -0.1) is 0 Å². The first kappa shape index (κ1) is 23.7. The summed E-state index contributed by atoms with van der Waals surface area (Å²) >= 11 is 0. The van der Waals surface area contributed by atoms with E-state index in [1.165, 1.54) is 0 Å². The zero-order valence-electron chi connectivity index (χ0n) is 19.6. The maximum Gasteiger partial charge on any atom is 0.224 e. The summed E-state index contributed by atoms with van der Waals surface area (Å²) in [6.45, 7) is 7.75. The van der Waals surface area contributed by atoms with Gasteiger partial charge in [-0.1, -0.05) is 31.6 Å². The van der Waals surface area contributed by atoms with E-state index in [1.807, 2.05) is 30.5 Å². The summed E-state index contributed by atoms with van der Waals surface area (Å²) in [6, 6.07) is 6.00. The van der Waals surface area contributed by atoms with Crippen molar-refractivity contribution in [3.63, 3.8) is 0 Å². The first-order valence-electron chi connectivity index (χ1n) is 12.3. The van der Waals surface area contributed by atoms with E-state index in [1.54, 1.807) is 0 Å². The molecule has 2 amide bonds. The molecule has 4 rings (SSSR count). The Morgan fingerprint density at radius 1 is 1.18 bits per heavy atom. The second-order valence-corrected chi connectivity index (χ2v) is 9.47. The lowest BCUT2D eigenvalue weighted by atomic mass is 9.82. The molecule has 0 aromatic carbocycles. The molecule has 1 aromatic rings. The molecule has 3 unspecified atom stereocenters. The van der Waals surface area contributed by atoms with Crippen LogP contribution in [0.15, 0.2) is 36.5 Å². The van der Waals surface area contributed by atoms with E-state index >= 15 is 0 Å². The number of rotatable bonds is 11. The van der Waals surface area contributed by atoms with E-state index in [2.05, 4.69) is 33.1 Å². The molecule has 2 heterocycles. The first-order chi connectivity index (χ1) is 16.1. The number of aromatic nitrogens is 1. The zero-order valence-corrected chi connectivity index (χ0v) is 19.6. The molecule has 0 radical (unpaired) electrons. The van der Waals surface area contributed by atoms with Crippen molar-refractivity contribution in [3.05, 3.63) is 36.5 Å². The first-order valence-corrected chi connectivity index (χ1v) is 12.3. The molecule has 1 aliphatic heterocycles. The van der Waals surface area contributed by atoms with Crippen molar-refractivity contribution in [3.8, 4) is 0 Å². The minimum absolute atomic E-state index is 0.0697. The number of carbonyl (C=O) groups is 2. The van der Waals surface area contributed by atoms with Crippen molar-refractivity contribution in [2.45, 2.75) is 32.3 Å². The molecule has 2 aliphatic carbocycles. The maximum absolute atomic E-state index is 13.0. The fraction of sp³-hybridized carbons (Fsp3) is 0.640. The molecule has 33 heavy (non-hydrogen) atoms. The Morgan fingerprint density at radius 3 is 2.61 bits per heavy atom. The number of unbranched alkanes of at least 4 members (excludes halogenated alkanes) is 1. The molecule has 3 aliphatic rings. The Labute approximate surface area is 196 Å². The number of nitrogens with two attached hydrogens (primary N) is 1. The van der Waals surface area contributed by atoms with Gasteiger partial charge in [0, 0.05) is 52.1 Å². The number of hydrogen-bond acceptors (Lipinski definition) is 6. The highest BCUT2D eigenvalue weighted by molar-refractivity contribution is 5.89. The summed E-state index contributed by atoms with van der Waals surface area (Å²) in [4.78, 5) is 34.2. The smallest absolute Gasteiger partial charge is 0.224 e. The largest absolute Gasteiger partial charge is 0.375 e. The summed E-state index contributed by atoms with van der Waals surface area (Å²) in [5.74, 6) is 0.0639. The van der Waals surface area contributed by atoms with Gasteiger partial charge in [-0.3, -0.25) is 14.5 Å². The van der Waals surface area contributed by atoms with E-state index in [4.69, 9.17) is 10.5 Å². The van der Waals surface area contributed by atoms with Crippen LogP contribution in [0.3, 0.4) is 0 Å². The number of ether oxygens (including phenoxy) is 1. The lowest BCUT2D eigenvalue weighted by Gasteiger charge is -2.37. The lowest BCUT2D eigenvalue weighted by molar-refractivity contribution is -0.134. The third-order valence-corrected chi connectivity index (χ3v) is 7.25. The number of pyridine rings is 1. The number of piperazine rings is 1. The average Bonchev–Trinajstić information content (AvgIpc) is 3.45. The predicted octanol–water partition coefficient (Wildman–Crippen LogP) is 1.43. The van der Waals surface area contributed by atoms with Crippen LogP contribution in [-0.4, -0.2) is 73.7 Å². The van der Waals surface area contributed by atoms with Gasteiger partial charge in [-0.2, -0.15) is 0 Å². The van der Waals surface area contributed by atoms with Crippen LogP contribution >= 0.6 is 0 Å². The summed E-state index contributed by atoms with van der Waals surface area (Å²) in [6.07, 6.45) is 8.79. The minimum atomic E-state index is -0.390. The fourth-order valence-electron chi connectivity index (χ4n) is 5.46. The number of hydrogen-bond donors (Lipinski definition) is 2. The molecule has 180 valence electrons. The number of fused-ring (bicyclic) bond motifs is 2. The molecule has 2 fully saturated rings. The van der Waals surface area contributed by atoms with Crippen LogP contribution in [0.2, 0.25) is 0 Å². The van der Waals surface area contributed by atoms with Crippen LogP contribution in [-0.2, 0) is 14.3 Å². The van der Waals surface area contributed by atoms with Crippen LogP contribution in [0.4, 0.5) is 5.82 Å². The average molecular weight is 456 g/mol. The van der Waals surface area contributed by atoms with Gasteiger partial charge >= 0.3 is 0 Å². The maximum atomic E-state index is 13.0. The third kappa shape index (κ3) is 5.73. The highest BCUT2D eigenvalue weighted by atomic mass is 16.5.